The summed E-state index contributed by atoms with van der Waals surface area (Å²) in [4.78, 5) is 66.9. The molecule has 0 aromatic heterocycles. The van der Waals surface area contributed by atoms with Gasteiger partial charge in [0.2, 0.25) is 17.6 Å². The van der Waals surface area contributed by atoms with Crippen LogP contribution in [0.5, 0.6) is 0 Å². The number of amides is 5. The minimum atomic E-state index is -1.64. The van der Waals surface area contributed by atoms with E-state index in [4.69, 9.17) is 5.73 Å². The van der Waals surface area contributed by atoms with Gasteiger partial charge < -0.3 is 26.6 Å². The van der Waals surface area contributed by atoms with Gasteiger partial charge in [-0.1, -0.05) is 53.9 Å². The number of carbonyl (C=O) groups is 5. The third-order valence-corrected chi connectivity index (χ3v) is 10.2. The largest absolute Gasteiger partial charge is 0.363 e. The molecule has 10 nitrogen and oxygen atoms in total. The van der Waals surface area contributed by atoms with Crippen LogP contribution in [0, 0.1) is 22.7 Å². The van der Waals surface area contributed by atoms with Crippen LogP contribution in [0.3, 0.4) is 0 Å². The van der Waals surface area contributed by atoms with Crippen molar-refractivity contribution >= 4 is 29.5 Å². The molecule has 4 rings (SSSR count). The second kappa shape index (κ2) is 10.8. The number of nitrogens with zero attached hydrogens (tertiary/aromatic N) is 1. The molecule has 1 aliphatic heterocycles. The molecule has 3 saturated carbocycles. The van der Waals surface area contributed by atoms with Gasteiger partial charge in [0.05, 0.1) is 0 Å². The topological polar surface area (TPSA) is 151 Å². The number of primary amides is 1. The molecule has 0 aromatic rings. The highest BCUT2D eigenvalue weighted by molar-refractivity contribution is 6.37. The lowest BCUT2D eigenvalue weighted by molar-refractivity contribution is -0.145. The maximum atomic E-state index is 15.0. The number of alkyl halides is 1. The van der Waals surface area contributed by atoms with E-state index in [2.05, 4.69) is 16.0 Å². The summed E-state index contributed by atoms with van der Waals surface area (Å²) >= 11 is 0. The first-order chi connectivity index (χ1) is 18.9. The third kappa shape index (κ3) is 6.38. The lowest BCUT2D eigenvalue weighted by atomic mass is 9.77. The van der Waals surface area contributed by atoms with E-state index in [0.717, 1.165) is 32.1 Å². The molecule has 11 heteroatoms. The van der Waals surface area contributed by atoms with Crippen LogP contribution in [0.2, 0.25) is 0 Å². The van der Waals surface area contributed by atoms with Crippen LogP contribution >= 0.6 is 0 Å². The molecule has 0 aromatic carbocycles. The molecule has 230 valence electrons. The van der Waals surface area contributed by atoms with Gasteiger partial charge in [-0.2, -0.15) is 0 Å². The summed E-state index contributed by atoms with van der Waals surface area (Å²) in [6, 6.07) is -3.66. The van der Waals surface area contributed by atoms with Crippen LogP contribution in [-0.2, 0) is 19.2 Å². The summed E-state index contributed by atoms with van der Waals surface area (Å²) in [6.45, 7) is 12.0. The van der Waals surface area contributed by atoms with Crippen LogP contribution < -0.4 is 21.7 Å². The number of nitrogens with two attached hydrogens (primary N) is 1. The number of fused-ring (bicyclic) bond motifs is 1. The molecule has 0 unspecified atom stereocenters. The molecule has 5 atom stereocenters. The van der Waals surface area contributed by atoms with Crippen LogP contribution in [0.15, 0.2) is 0 Å². The monoisotopic (exact) mass is 577 g/mol. The van der Waals surface area contributed by atoms with Gasteiger partial charge in [0.15, 0.2) is 0 Å². The zero-order valence-corrected chi connectivity index (χ0v) is 25.4. The molecule has 0 spiro atoms. The predicted octanol–water partition coefficient (Wildman–Crippen LogP) is 2.73. The van der Waals surface area contributed by atoms with Crippen molar-refractivity contribution in [1.82, 2.24) is 20.9 Å². The number of carbonyl (C=O) groups excluding carboxylic acids is 5. The van der Waals surface area contributed by atoms with Crippen molar-refractivity contribution in [2.45, 2.75) is 129 Å². The van der Waals surface area contributed by atoms with Crippen molar-refractivity contribution < 1.29 is 28.4 Å². The fourth-order valence-corrected chi connectivity index (χ4v) is 7.29. The Morgan fingerprint density at radius 1 is 0.951 bits per heavy atom. The summed E-state index contributed by atoms with van der Waals surface area (Å²) in [5.74, 6) is -3.39. The Morgan fingerprint density at radius 3 is 2.07 bits per heavy atom. The molecule has 3 aliphatic carbocycles. The van der Waals surface area contributed by atoms with E-state index in [1.54, 1.807) is 0 Å². The number of rotatable bonds is 9. The van der Waals surface area contributed by atoms with Crippen molar-refractivity contribution in [3.63, 3.8) is 0 Å². The third-order valence-electron chi connectivity index (χ3n) is 10.2. The van der Waals surface area contributed by atoms with Crippen LogP contribution in [-0.4, -0.2) is 70.3 Å². The summed E-state index contributed by atoms with van der Waals surface area (Å²) in [5, 5.41) is 8.57. The Labute approximate surface area is 242 Å². The molecule has 1 saturated heterocycles. The van der Waals surface area contributed by atoms with Crippen molar-refractivity contribution in [2.24, 2.45) is 28.4 Å². The van der Waals surface area contributed by atoms with E-state index < -0.39 is 52.8 Å². The average Bonchev–Trinajstić information content (AvgIpc) is 3.17. The molecular formula is C30H48FN5O5. The Hall–Kier alpha value is -2.72. The van der Waals surface area contributed by atoms with Crippen molar-refractivity contribution in [2.75, 3.05) is 6.54 Å². The van der Waals surface area contributed by atoms with E-state index in [0.29, 0.717) is 13.0 Å². The highest BCUT2D eigenvalue weighted by Gasteiger charge is 2.70. The fourth-order valence-electron chi connectivity index (χ4n) is 7.29. The molecule has 4 fully saturated rings. The van der Waals surface area contributed by atoms with Gasteiger partial charge in [0.1, 0.15) is 23.8 Å². The number of halogens is 1. The number of hydrogen-bond donors (Lipinski definition) is 4. The normalized spacial score (nSPS) is 28.8. The van der Waals surface area contributed by atoms with Gasteiger partial charge in [-0.05, 0) is 61.7 Å². The molecule has 5 N–H and O–H groups in total. The Morgan fingerprint density at radius 2 is 1.56 bits per heavy atom. The summed E-state index contributed by atoms with van der Waals surface area (Å²) in [7, 11) is 0. The van der Waals surface area contributed by atoms with E-state index in [1.807, 2.05) is 41.5 Å². The summed E-state index contributed by atoms with van der Waals surface area (Å²) in [6.07, 6.45) is 5.77. The summed E-state index contributed by atoms with van der Waals surface area (Å²) in [5.41, 5.74) is 2.38. The smallest absolute Gasteiger partial charge is 0.315 e. The summed E-state index contributed by atoms with van der Waals surface area (Å²) < 4.78 is 15.0. The Balaban J connectivity index is 1.53. The lowest BCUT2D eigenvalue weighted by Crippen LogP contribution is -2.63. The van der Waals surface area contributed by atoms with Gasteiger partial charge >= 0.3 is 6.03 Å². The average molecular weight is 578 g/mol. The SMILES string of the molecule is CC1(NC(=O)N[C@H](C(=O)N2C[C@H]3[C@@H]([C@H]2C(=O)N[C@@H](CC2(F)CCC2)C(=O)C(N)=O)C3(C)C)C(C)(C)C)CCCCC1. The zero-order chi connectivity index (χ0) is 30.5. The first-order valence-corrected chi connectivity index (χ1v) is 15.1. The number of hydrogen-bond acceptors (Lipinski definition) is 5. The first kappa shape index (κ1) is 31.2. The molecular weight excluding hydrogens is 529 g/mol. The lowest BCUT2D eigenvalue weighted by Gasteiger charge is -2.40. The maximum Gasteiger partial charge on any atom is 0.315 e. The molecule has 4 aliphatic rings. The maximum absolute atomic E-state index is 15.0. The number of nitrogens with one attached hydrogen (secondary N) is 3. The highest BCUT2D eigenvalue weighted by Crippen LogP contribution is 2.65. The van der Waals surface area contributed by atoms with Crippen LogP contribution in [0.4, 0.5) is 9.18 Å². The van der Waals surface area contributed by atoms with E-state index in [1.165, 1.54) is 4.90 Å². The second-order valence-electron chi connectivity index (χ2n) is 14.9. The standard InChI is InChI=1S/C30H48FN5O5/c1-27(2,3)22(34-26(41)35-29(6)11-8-7-9-12-29)25(40)36-16-17-19(28(17,4)5)20(36)24(39)33-18(21(37)23(32)38)15-30(31)13-10-14-30/h17-20,22H,7-16H2,1-6H3,(H2,32,38)(H,33,39)(H2,34,35,41)/t17-,18-,19-,20-,22+/m0/s1. The zero-order valence-electron chi connectivity index (χ0n) is 25.4. The number of urea groups is 1. The molecule has 5 amide bonds. The van der Waals surface area contributed by atoms with Crippen LogP contribution in [0.25, 0.3) is 0 Å². The fraction of sp³-hybridized carbons (Fsp3) is 0.833. The number of ketones is 1. The van der Waals surface area contributed by atoms with Gasteiger partial charge in [-0.15, -0.1) is 0 Å². The molecule has 0 radical (unpaired) electrons. The van der Waals surface area contributed by atoms with Crippen molar-refractivity contribution in [3.8, 4) is 0 Å². The molecule has 0 bridgehead atoms. The second-order valence-corrected chi connectivity index (χ2v) is 14.9. The van der Waals surface area contributed by atoms with Crippen molar-refractivity contribution in [1.29, 1.82) is 0 Å². The van der Waals surface area contributed by atoms with Crippen molar-refractivity contribution in [3.05, 3.63) is 0 Å². The van der Waals surface area contributed by atoms with E-state index in [-0.39, 0.29) is 48.0 Å². The predicted molar refractivity (Wildman–Crippen MR) is 151 cm³/mol. The number of piperidine rings is 1. The first-order valence-electron chi connectivity index (χ1n) is 15.1. The quantitative estimate of drug-likeness (QED) is 0.311. The van der Waals surface area contributed by atoms with E-state index in [9.17, 15) is 24.0 Å². The molecule has 41 heavy (non-hydrogen) atoms. The Kier molecular flexibility index (Phi) is 8.25. The Bertz CT molecular complexity index is 1090. The number of Topliss-reactive ketones (excluding diaryl/α,β-unsaturated/α-hetero) is 1. The van der Waals surface area contributed by atoms with Gasteiger partial charge in [-0.3, -0.25) is 19.2 Å². The minimum absolute atomic E-state index is 0.0576. The van der Waals surface area contributed by atoms with Gasteiger partial charge in [0.25, 0.3) is 5.91 Å². The minimum Gasteiger partial charge on any atom is -0.363 e. The van der Waals surface area contributed by atoms with Gasteiger partial charge in [-0.25, -0.2) is 9.18 Å². The van der Waals surface area contributed by atoms with Crippen LogP contribution in [0.1, 0.15) is 99.3 Å². The molecule has 1 heterocycles. The highest BCUT2D eigenvalue weighted by atomic mass is 19.1. The van der Waals surface area contributed by atoms with Gasteiger partial charge in [0, 0.05) is 18.5 Å². The number of likely N-dealkylation sites (tertiary alicyclic amines) is 1. The van der Waals surface area contributed by atoms with E-state index >= 15 is 4.39 Å².